The first kappa shape index (κ1) is 26.5. The lowest BCUT2D eigenvalue weighted by Crippen LogP contribution is -2.39. The Kier molecular flexibility index (Phi) is 7.72. The fraction of sp³-hybridized carbons (Fsp3) is 0.200. The van der Waals surface area contributed by atoms with E-state index in [2.05, 4.69) is 17.3 Å². The summed E-state index contributed by atoms with van der Waals surface area (Å²) in [7, 11) is -3.57. The van der Waals surface area contributed by atoms with Crippen molar-refractivity contribution in [2.45, 2.75) is 24.7 Å². The fourth-order valence-electron chi connectivity index (χ4n) is 4.63. The highest BCUT2D eigenvalue weighted by Crippen LogP contribution is 2.26. The zero-order chi connectivity index (χ0) is 27.4. The molecule has 1 aliphatic heterocycles. The third kappa shape index (κ3) is 6.16. The molecule has 0 spiro atoms. The molecule has 200 valence electrons. The molecule has 2 heterocycles. The van der Waals surface area contributed by atoms with Crippen LogP contribution in [0.3, 0.4) is 0 Å². The number of halogens is 1. The molecule has 0 bridgehead atoms. The van der Waals surface area contributed by atoms with E-state index in [9.17, 15) is 17.6 Å². The lowest BCUT2D eigenvalue weighted by atomic mass is 10.0. The van der Waals surface area contributed by atoms with E-state index in [0.29, 0.717) is 41.5 Å². The van der Waals surface area contributed by atoms with Crippen LogP contribution in [0.1, 0.15) is 25.3 Å². The van der Waals surface area contributed by atoms with Gasteiger partial charge in [0.2, 0.25) is 15.9 Å². The molecule has 7 nitrogen and oxygen atoms in total. The molecular weight excluding hydrogens is 515 g/mol. The van der Waals surface area contributed by atoms with Gasteiger partial charge in [-0.1, -0.05) is 25.1 Å². The summed E-state index contributed by atoms with van der Waals surface area (Å²) in [5.41, 5.74) is 3.32. The van der Waals surface area contributed by atoms with Gasteiger partial charge in [0.25, 0.3) is 0 Å². The van der Waals surface area contributed by atoms with Crippen molar-refractivity contribution in [3.8, 4) is 16.9 Å². The largest absolute Gasteiger partial charge is 0.323 e. The molecule has 3 aromatic carbocycles. The minimum Gasteiger partial charge on any atom is -0.323 e. The number of nitrogens with one attached hydrogen (secondary N) is 1. The first-order valence-corrected chi connectivity index (χ1v) is 14.2. The highest BCUT2D eigenvalue weighted by Gasteiger charge is 2.28. The van der Waals surface area contributed by atoms with E-state index in [-0.39, 0.29) is 16.6 Å². The zero-order valence-corrected chi connectivity index (χ0v) is 22.3. The molecule has 1 saturated heterocycles. The molecule has 1 aliphatic rings. The number of carbonyl (C=O) groups excluding carboxylic acids is 1. The van der Waals surface area contributed by atoms with E-state index in [4.69, 9.17) is 0 Å². The predicted octanol–water partition coefficient (Wildman–Crippen LogP) is 5.75. The van der Waals surface area contributed by atoms with Gasteiger partial charge in [-0.15, -0.1) is 0 Å². The topological polar surface area (TPSA) is 84.3 Å². The van der Waals surface area contributed by atoms with Crippen LogP contribution in [0.2, 0.25) is 0 Å². The number of benzene rings is 3. The maximum Gasteiger partial charge on any atom is 0.248 e. The molecule has 0 radical (unpaired) electrons. The first-order valence-electron chi connectivity index (χ1n) is 12.8. The summed E-state index contributed by atoms with van der Waals surface area (Å²) < 4.78 is 42.7. The second kappa shape index (κ2) is 11.3. The second-order valence-corrected chi connectivity index (χ2v) is 11.6. The van der Waals surface area contributed by atoms with Gasteiger partial charge in [-0.05, 0) is 85.5 Å². The quantitative estimate of drug-likeness (QED) is 0.300. The maximum absolute atomic E-state index is 13.5. The van der Waals surface area contributed by atoms with Crippen LogP contribution < -0.4 is 5.32 Å². The van der Waals surface area contributed by atoms with Gasteiger partial charge < -0.3 is 5.32 Å². The van der Waals surface area contributed by atoms with E-state index >= 15 is 0 Å². The van der Waals surface area contributed by atoms with E-state index < -0.39 is 10.0 Å². The predicted molar refractivity (Wildman–Crippen MR) is 150 cm³/mol. The third-order valence-corrected chi connectivity index (χ3v) is 8.55. The average molecular weight is 545 g/mol. The Morgan fingerprint density at radius 3 is 2.44 bits per heavy atom. The number of sulfonamides is 1. The van der Waals surface area contributed by atoms with E-state index in [0.717, 1.165) is 18.5 Å². The number of piperidine rings is 1. The molecule has 39 heavy (non-hydrogen) atoms. The molecule has 4 aromatic rings. The van der Waals surface area contributed by atoms with Crippen molar-refractivity contribution >= 4 is 27.7 Å². The van der Waals surface area contributed by atoms with Crippen LogP contribution in [0.4, 0.5) is 10.1 Å². The summed E-state index contributed by atoms with van der Waals surface area (Å²) in [6, 6.07) is 21.8. The summed E-state index contributed by atoms with van der Waals surface area (Å²) >= 11 is 0. The van der Waals surface area contributed by atoms with Crippen molar-refractivity contribution < 1.29 is 17.6 Å². The van der Waals surface area contributed by atoms with Crippen molar-refractivity contribution in [1.82, 2.24) is 14.1 Å². The Morgan fingerprint density at radius 1 is 1.03 bits per heavy atom. The minimum absolute atomic E-state index is 0.211. The van der Waals surface area contributed by atoms with E-state index in [1.54, 1.807) is 41.2 Å². The molecule has 0 saturated carbocycles. The van der Waals surface area contributed by atoms with E-state index in [1.807, 2.05) is 30.3 Å². The molecule has 9 heteroatoms. The lowest BCUT2D eigenvalue weighted by molar-refractivity contribution is -0.111. The van der Waals surface area contributed by atoms with Crippen LogP contribution in [0, 0.1) is 11.7 Å². The van der Waals surface area contributed by atoms with Crippen molar-refractivity contribution in [3.63, 3.8) is 0 Å². The summed E-state index contributed by atoms with van der Waals surface area (Å²) in [6.45, 7) is 3.10. The number of rotatable bonds is 7. The number of hydrogen-bond donors (Lipinski definition) is 1. The summed E-state index contributed by atoms with van der Waals surface area (Å²) in [5.74, 6) is -0.391. The smallest absolute Gasteiger partial charge is 0.248 e. The summed E-state index contributed by atoms with van der Waals surface area (Å²) in [5, 5.41) is 7.44. The highest BCUT2D eigenvalue weighted by molar-refractivity contribution is 7.89. The number of hydrogen-bond acceptors (Lipinski definition) is 4. The average Bonchev–Trinajstić information content (AvgIpc) is 3.37. The van der Waals surface area contributed by atoms with Crippen molar-refractivity contribution in [2.75, 3.05) is 18.4 Å². The number of nitrogens with zero attached hydrogens (tertiary/aromatic N) is 3. The van der Waals surface area contributed by atoms with Gasteiger partial charge in [-0.2, -0.15) is 9.40 Å². The van der Waals surface area contributed by atoms with Crippen molar-refractivity contribution in [1.29, 1.82) is 0 Å². The first-order chi connectivity index (χ1) is 18.8. The highest BCUT2D eigenvalue weighted by atomic mass is 32.2. The van der Waals surface area contributed by atoms with Crippen LogP contribution in [0.25, 0.3) is 23.0 Å². The number of aromatic nitrogens is 2. The monoisotopic (exact) mass is 544 g/mol. The lowest BCUT2D eigenvalue weighted by Gasteiger charge is -2.30. The third-order valence-electron chi connectivity index (χ3n) is 6.67. The summed E-state index contributed by atoms with van der Waals surface area (Å²) in [4.78, 5) is 12.9. The molecule has 1 fully saturated rings. The molecular formula is C30H29FN4O3S. The number of anilines is 1. The fourth-order valence-corrected chi connectivity index (χ4v) is 6.23. The summed E-state index contributed by atoms with van der Waals surface area (Å²) in [6.07, 6.45) is 6.73. The number of carbonyl (C=O) groups is 1. The van der Waals surface area contributed by atoms with Gasteiger partial charge >= 0.3 is 0 Å². The van der Waals surface area contributed by atoms with Gasteiger partial charge in [0, 0.05) is 42.2 Å². The van der Waals surface area contributed by atoms with Gasteiger partial charge in [0.15, 0.2) is 0 Å². The molecule has 1 amide bonds. The van der Waals surface area contributed by atoms with Gasteiger partial charge in [-0.3, -0.25) is 4.79 Å². The Morgan fingerprint density at radius 2 is 1.74 bits per heavy atom. The molecule has 1 aromatic heterocycles. The Bertz CT molecular complexity index is 1580. The standard InChI is InChI=1S/C30H29FN4O3S/c1-22-6-5-19-34(20-22)39(37,38)28-16-14-26(15-17-28)32-29(36)18-11-24-21-35(27-7-3-2-4-8-27)33-30(24)23-9-12-25(31)13-10-23/h2-4,7-18,21-22H,5-6,19-20H2,1H3,(H,32,36)/b18-11+/t22-/m1/s1. The minimum atomic E-state index is -3.57. The van der Waals surface area contributed by atoms with Crippen molar-refractivity contribution in [2.24, 2.45) is 5.92 Å². The Labute approximate surface area is 227 Å². The maximum atomic E-state index is 13.5. The van der Waals surface area contributed by atoms with Crippen LogP contribution in [-0.2, 0) is 14.8 Å². The van der Waals surface area contributed by atoms with Crippen LogP contribution in [0.15, 0.2) is 96.0 Å². The molecule has 1 N–H and O–H groups in total. The van der Waals surface area contributed by atoms with Crippen LogP contribution >= 0.6 is 0 Å². The normalized spacial score (nSPS) is 16.4. The second-order valence-electron chi connectivity index (χ2n) is 9.68. The molecule has 0 aliphatic carbocycles. The van der Waals surface area contributed by atoms with Gasteiger partial charge in [-0.25, -0.2) is 17.5 Å². The zero-order valence-electron chi connectivity index (χ0n) is 21.5. The molecule has 1 atom stereocenters. The Hall–Kier alpha value is -4.08. The van der Waals surface area contributed by atoms with Gasteiger partial charge in [0.05, 0.1) is 16.3 Å². The van der Waals surface area contributed by atoms with Crippen molar-refractivity contribution in [3.05, 3.63) is 103 Å². The van der Waals surface area contributed by atoms with Crippen LogP contribution in [0.5, 0.6) is 0 Å². The molecule has 5 rings (SSSR count). The number of para-hydroxylation sites is 1. The molecule has 0 unspecified atom stereocenters. The SMILES string of the molecule is C[C@@H]1CCCN(S(=O)(=O)c2ccc(NC(=O)/C=C/c3cn(-c4ccccc4)nc3-c3ccc(F)cc3)cc2)C1. The number of amides is 1. The van der Waals surface area contributed by atoms with Crippen LogP contribution in [-0.4, -0.2) is 41.5 Å². The van der Waals surface area contributed by atoms with Gasteiger partial charge in [0.1, 0.15) is 5.82 Å². The van der Waals surface area contributed by atoms with E-state index in [1.165, 1.54) is 34.6 Å². The Balaban J connectivity index is 1.32.